The standard InChI is InChI=1S/C13H20N2OS/c1-11(4-5-12-3-2-10-17-12)13(16)15-8-6-14-7-9-15/h2-3,10-11,14H,4-9H2,1H3. The summed E-state index contributed by atoms with van der Waals surface area (Å²) < 4.78 is 0. The molecule has 2 rings (SSSR count). The van der Waals surface area contributed by atoms with Gasteiger partial charge in [-0.2, -0.15) is 0 Å². The second-order valence-corrected chi connectivity index (χ2v) is 5.63. The smallest absolute Gasteiger partial charge is 0.225 e. The maximum absolute atomic E-state index is 12.2. The van der Waals surface area contributed by atoms with Gasteiger partial charge in [0.1, 0.15) is 0 Å². The van der Waals surface area contributed by atoms with E-state index in [1.807, 2.05) is 4.90 Å². The number of carbonyl (C=O) groups is 1. The van der Waals surface area contributed by atoms with Crippen molar-refractivity contribution in [2.75, 3.05) is 26.2 Å². The molecule has 94 valence electrons. The van der Waals surface area contributed by atoms with Crippen molar-refractivity contribution in [2.45, 2.75) is 19.8 Å². The van der Waals surface area contributed by atoms with Gasteiger partial charge < -0.3 is 10.2 Å². The number of thiophene rings is 1. The van der Waals surface area contributed by atoms with Gasteiger partial charge in [0, 0.05) is 37.0 Å². The highest BCUT2D eigenvalue weighted by Gasteiger charge is 2.21. The average Bonchev–Trinajstić information content (AvgIpc) is 2.89. The molecule has 1 atom stereocenters. The first-order chi connectivity index (χ1) is 8.27. The molecular weight excluding hydrogens is 232 g/mol. The highest BCUT2D eigenvalue weighted by molar-refractivity contribution is 7.09. The number of aryl methyl sites for hydroxylation is 1. The van der Waals surface area contributed by atoms with E-state index >= 15 is 0 Å². The van der Waals surface area contributed by atoms with Gasteiger partial charge in [-0.15, -0.1) is 11.3 Å². The molecule has 1 amide bonds. The van der Waals surface area contributed by atoms with Crippen molar-refractivity contribution in [2.24, 2.45) is 5.92 Å². The van der Waals surface area contributed by atoms with Crippen molar-refractivity contribution in [1.29, 1.82) is 0 Å². The van der Waals surface area contributed by atoms with Crippen LogP contribution in [0.5, 0.6) is 0 Å². The van der Waals surface area contributed by atoms with Gasteiger partial charge in [0.25, 0.3) is 0 Å². The molecule has 0 spiro atoms. The molecule has 0 bridgehead atoms. The summed E-state index contributed by atoms with van der Waals surface area (Å²) in [5.74, 6) is 0.471. The van der Waals surface area contributed by atoms with Gasteiger partial charge in [-0.1, -0.05) is 13.0 Å². The van der Waals surface area contributed by atoms with E-state index in [9.17, 15) is 4.79 Å². The molecule has 1 saturated heterocycles. The summed E-state index contributed by atoms with van der Waals surface area (Å²) >= 11 is 1.78. The number of amides is 1. The molecule has 17 heavy (non-hydrogen) atoms. The Hall–Kier alpha value is -0.870. The number of rotatable bonds is 4. The molecule has 0 aromatic carbocycles. The first-order valence-electron chi connectivity index (χ1n) is 6.29. The van der Waals surface area contributed by atoms with Crippen LogP contribution in [0.2, 0.25) is 0 Å². The van der Waals surface area contributed by atoms with Crippen LogP contribution < -0.4 is 5.32 Å². The number of hydrogen-bond acceptors (Lipinski definition) is 3. The lowest BCUT2D eigenvalue weighted by Crippen LogP contribution is -2.48. The SMILES string of the molecule is CC(CCc1cccs1)C(=O)N1CCNCC1. The highest BCUT2D eigenvalue weighted by atomic mass is 32.1. The molecule has 1 N–H and O–H groups in total. The highest BCUT2D eigenvalue weighted by Crippen LogP contribution is 2.16. The minimum atomic E-state index is 0.148. The minimum absolute atomic E-state index is 0.148. The van der Waals surface area contributed by atoms with E-state index in [-0.39, 0.29) is 5.92 Å². The summed E-state index contributed by atoms with van der Waals surface area (Å²) in [6.45, 7) is 5.65. The number of piperazine rings is 1. The van der Waals surface area contributed by atoms with Crippen LogP contribution in [-0.4, -0.2) is 37.0 Å². The third-order valence-electron chi connectivity index (χ3n) is 3.25. The van der Waals surface area contributed by atoms with E-state index < -0.39 is 0 Å². The third-order valence-corrected chi connectivity index (χ3v) is 4.19. The van der Waals surface area contributed by atoms with E-state index in [0.29, 0.717) is 5.91 Å². The zero-order chi connectivity index (χ0) is 12.1. The van der Waals surface area contributed by atoms with Crippen LogP contribution >= 0.6 is 11.3 Å². The van der Waals surface area contributed by atoms with Gasteiger partial charge >= 0.3 is 0 Å². The van der Waals surface area contributed by atoms with Crippen LogP contribution in [0.3, 0.4) is 0 Å². The van der Waals surface area contributed by atoms with Crippen LogP contribution in [0.25, 0.3) is 0 Å². The van der Waals surface area contributed by atoms with Crippen molar-refractivity contribution in [3.8, 4) is 0 Å². The molecule has 1 fully saturated rings. The lowest BCUT2D eigenvalue weighted by Gasteiger charge is -2.29. The Morgan fingerprint density at radius 2 is 2.29 bits per heavy atom. The molecule has 0 aliphatic carbocycles. The first kappa shape index (κ1) is 12.6. The van der Waals surface area contributed by atoms with E-state index in [4.69, 9.17) is 0 Å². The molecule has 2 heterocycles. The van der Waals surface area contributed by atoms with Gasteiger partial charge in [0.15, 0.2) is 0 Å². The predicted octanol–water partition coefficient (Wildman–Crippen LogP) is 1.75. The number of carbonyl (C=O) groups excluding carboxylic acids is 1. The monoisotopic (exact) mass is 252 g/mol. The van der Waals surface area contributed by atoms with Gasteiger partial charge in [-0.3, -0.25) is 4.79 Å². The summed E-state index contributed by atoms with van der Waals surface area (Å²) in [4.78, 5) is 15.5. The van der Waals surface area contributed by atoms with Crippen molar-refractivity contribution in [3.63, 3.8) is 0 Å². The summed E-state index contributed by atoms with van der Waals surface area (Å²) in [6, 6.07) is 4.22. The molecule has 3 nitrogen and oxygen atoms in total. The Balaban J connectivity index is 1.78. The van der Waals surface area contributed by atoms with Crippen molar-refractivity contribution < 1.29 is 4.79 Å². The lowest BCUT2D eigenvalue weighted by atomic mass is 10.0. The van der Waals surface area contributed by atoms with Crippen molar-refractivity contribution in [3.05, 3.63) is 22.4 Å². The lowest BCUT2D eigenvalue weighted by molar-refractivity contribution is -0.135. The molecule has 0 radical (unpaired) electrons. The normalized spacial score (nSPS) is 18.1. The van der Waals surface area contributed by atoms with Crippen LogP contribution in [0.4, 0.5) is 0 Å². The molecular formula is C13H20N2OS. The molecule has 0 saturated carbocycles. The predicted molar refractivity (Wildman–Crippen MR) is 71.3 cm³/mol. The maximum atomic E-state index is 12.2. The summed E-state index contributed by atoms with van der Waals surface area (Å²) in [5, 5.41) is 5.37. The fraction of sp³-hybridized carbons (Fsp3) is 0.615. The van der Waals surface area contributed by atoms with Gasteiger partial charge in [0.2, 0.25) is 5.91 Å². The Morgan fingerprint density at radius 3 is 2.94 bits per heavy atom. The van der Waals surface area contributed by atoms with E-state index in [1.165, 1.54) is 4.88 Å². The van der Waals surface area contributed by atoms with Crippen LogP contribution in [-0.2, 0) is 11.2 Å². The first-order valence-corrected chi connectivity index (χ1v) is 7.17. The number of nitrogens with zero attached hydrogens (tertiary/aromatic N) is 1. The van der Waals surface area contributed by atoms with Crippen LogP contribution in [0.1, 0.15) is 18.2 Å². The van der Waals surface area contributed by atoms with E-state index in [1.54, 1.807) is 11.3 Å². The quantitative estimate of drug-likeness (QED) is 0.885. The Bertz CT molecular complexity index is 344. The van der Waals surface area contributed by atoms with Crippen molar-refractivity contribution >= 4 is 17.2 Å². The van der Waals surface area contributed by atoms with Gasteiger partial charge in [0.05, 0.1) is 0 Å². The zero-order valence-corrected chi connectivity index (χ0v) is 11.1. The fourth-order valence-corrected chi connectivity index (χ4v) is 2.86. The summed E-state index contributed by atoms with van der Waals surface area (Å²) in [5.41, 5.74) is 0. The largest absolute Gasteiger partial charge is 0.340 e. The average molecular weight is 252 g/mol. The van der Waals surface area contributed by atoms with Gasteiger partial charge in [-0.25, -0.2) is 0 Å². The maximum Gasteiger partial charge on any atom is 0.225 e. The Kier molecular flexibility index (Phi) is 4.57. The summed E-state index contributed by atoms with van der Waals surface area (Å²) in [6.07, 6.45) is 1.99. The molecule has 1 aromatic heterocycles. The zero-order valence-electron chi connectivity index (χ0n) is 10.3. The van der Waals surface area contributed by atoms with E-state index in [0.717, 1.165) is 39.0 Å². The molecule has 4 heteroatoms. The van der Waals surface area contributed by atoms with Crippen LogP contribution in [0.15, 0.2) is 17.5 Å². The second-order valence-electron chi connectivity index (χ2n) is 4.59. The Labute approximate surface area is 107 Å². The molecule has 1 unspecified atom stereocenters. The van der Waals surface area contributed by atoms with E-state index in [2.05, 4.69) is 29.8 Å². The number of hydrogen-bond donors (Lipinski definition) is 1. The fourth-order valence-electron chi connectivity index (χ4n) is 2.13. The summed E-state index contributed by atoms with van der Waals surface area (Å²) in [7, 11) is 0. The third kappa shape index (κ3) is 3.54. The molecule has 1 aliphatic rings. The topological polar surface area (TPSA) is 32.3 Å². The second kappa shape index (κ2) is 6.17. The molecule has 1 aromatic rings. The van der Waals surface area contributed by atoms with Gasteiger partial charge in [-0.05, 0) is 24.3 Å². The minimum Gasteiger partial charge on any atom is -0.340 e. The molecule has 1 aliphatic heterocycles. The van der Waals surface area contributed by atoms with Crippen LogP contribution in [0, 0.1) is 5.92 Å². The number of nitrogens with one attached hydrogen (secondary N) is 1. The van der Waals surface area contributed by atoms with Crippen molar-refractivity contribution in [1.82, 2.24) is 10.2 Å². The Morgan fingerprint density at radius 1 is 1.53 bits per heavy atom.